The first kappa shape index (κ1) is 10.6. The molecule has 0 saturated carbocycles. The van der Waals surface area contributed by atoms with Crippen LogP contribution >= 0.6 is 23.1 Å². The maximum absolute atomic E-state index is 11.8. The van der Waals surface area contributed by atoms with E-state index in [-0.39, 0.29) is 11.9 Å². The van der Waals surface area contributed by atoms with Gasteiger partial charge in [0, 0.05) is 16.5 Å². The molecule has 0 radical (unpaired) electrons. The van der Waals surface area contributed by atoms with Crippen molar-refractivity contribution in [2.45, 2.75) is 25.3 Å². The van der Waals surface area contributed by atoms with Gasteiger partial charge in [0.05, 0.1) is 11.7 Å². The van der Waals surface area contributed by atoms with E-state index in [9.17, 15) is 4.79 Å². The number of aromatic nitrogens is 1. The summed E-state index contributed by atoms with van der Waals surface area (Å²) in [6.45, 7) is 0. The van der Waals surface area contributed by atoms with Crippen LogP contribution in [0.3, 0.4) is 0 Å². The second kappa shape index (κ2) is 4.35. The van der Waals surface area contributed by atoms with Crippen molar-refractivity contribution in [2.75, 3.05) is 16.9 Å². The van der Waals surface area contributed by atoms with E-state index in [0.717, 1.165) is 29.6 Å². The number of rotatable bonds is 2. The zero-order valence-electron chi connectivity index (χ0n) is 8.78. The second-order valence-electron chi connectivity index (χ2n) is 4.00. The number of hydrogen-bond donors (Lipinski definition) is 2. The largest absolute Gasteiger partial charge is 0.301 e. The predicted molar refractivity (Wildman–Crippen MR) is 67.0 cm³/mol. The van der Waals surface area contributed by atoms with Gasteiger partial charge in [0.1, 0.15) is 0 Å². The van der Waals surface area contributed by atoms with Crippen molar-refractivity contribution >= 4 is 34.1 Å². The van der Waals surface area contributed by atoms with Crippen LogP contribution in [0.25, 0.3) is 0 Å². The highest BCUT2D eigenvalue weighted by atomic mass is 32.2. The highest BCUT2D eigenvalue weighted by molar-refractivity contribution is 7.99. The molecule has 1 aromatic heterocycles. The van der Waals surface area contributed by atoms with E-state index in [0.29, 0.717) is 0 Å². The summed E-state index contributed by atoms with van der Waals surface area (Å²) >= 11 is 3.39. The molecule has 2 N–H and O–H groups in total. The molecule has 1 aromatic rings. The number of hydrogen-bond acceptors (Lipinski definition) is 5. The van der Waals surface area contributed by atoms with Gasteiger partial charge in [-0.2, -0.15) is 0 Å². The minimum atomic E-state index is -0.0521. The summed E-state index contributed by atoms with van der Waals surface area (Å²) in [6, 6.07) is -0.0521. The summed E-state index contributed by atoms with van der Waals surface area (Å²) in [5.41, 5.74) is 1.19. The Hall–Kier alpha value is -0.590. The third kappa shape index (κ3) is 1.97. The summed E-state index contributed by atoms with van der Waals surface area (Å²) in [7, 11) is 0. The van der Waals surface area contributed by atoms with Crippen LogP contribution in [0.1, 0.15) is 17.0 Å². The van der Waals surface area contributed by atoms with Gasteiger partial charge in [0.15, 0.2) is 5.13 Å². The van der Waals surface area contributed by atoms with E-state index in [1.807, 2.05) is 0 Å². The topological polar surface area (TPSA) is 54.0 Å². The minimum Gasteiger partial charge on any atom is -0.301 e. The fourth-order valence-corrected chi connectivity index (χ4v) is 3.99. The highest BCUT2D eigenvalue weighted by Gasteiger charge is 2.24. The molecule has 1 aliphatic carbocycles. The first-order valence-corrected chi connectivity index (χ1v) is 7.40. The standard InChI is InChI=1S/C10H13N3OS2/c14-9(7-4-15-5-11-7)13-10-12-6-2-1-3-8(6)16-10/h7,11H,1-5H2,(H,12,13,14). The maximum Gasteiger partial charge on any atom is 0.244 e. The quantitative estimate of drug-likeness (QED) is 0.834. The number of fused-ring (bicyclic) bond motifs is 1. The molecule has 3 rings (SSSR count). The predicted octanol–water partition coefficient (Wildman–Crippen LogP) is 1.23. The Morgan fingerprint density at radius 3 is 3.19 bits per heavy atom. The fourth-order valence-electron chi connectivity index (χ4n) is 2.00. The number of aryl methyl sites for hydroxylation is 2. The first-order chi connectivity index (χ1) is 7.83. The van der Waals surface area contributed by atoms with Gasteiger partial charge in [-0.05, 0) is 19.3 Å². The Balaban J connectivity index is 1.67. The summed E-state index contributed by atoms with van der Waals surface area (Å²) in [5.74, 6) is 1.78. The molecule has 6 heteroatoms. The van der Waals surface area contributed by atoms with Crippen LogP contribution in [0.15, 0.2) is 0 Å². The average molecular weight is 255 g/mol. The molecule has 1 amide bonds. The number of thiazole rings is 1. The lowest BCUT2D eigenvalue weighted by atomic mass is 10.3. The van der Waals surface area contributed by atoms with E-state index in [1.54, 1.807) is 23.1 Å². The van der Waals surface area contributed by atoms with Crippen molar-refractivity contribution in [3.8, 4) is 0 Å². The lowest BCUT2D eigenvalue weighted by Crippen LogP contribution is -2.37. The SMILES string of the molecule is O=C(Nc1nc2c(s1)CCC2)C1CSCN1. The lowest BCUT2D eigenvalue weighted by Gasteiger charge is -2.07. The van der Waals surface area contributed by atoms with Crippen molar-refractivity contribution in [2.24, 2.45) is 0 Å². The Labute approximate surface area is 102 Å². The Bertz CT molecular complexity index is 391. The molecule has 1 unspecified atom stereocenters. The molecule has 1 fully saturated rings. The maximum atomic E-state index is 11.8. The number of anilines is 1. The van der Waals surface area contributed by atoms with Gasteiger partial charge in [-0.1, -0.05) is 0 Å². The van der Waals surface area contributed by atoms with Crippen molar-refractivity contribution in [1.82, 2.24) is 10.3 Å². The average Bonchev–Trinajstić information content (AvgIpc) is 2.91. The highest BCUT2D eigenvalue weighted by Crippen LogP contribution is 2.30. The Kier molecular flexibility index (Phi) is 2.87. The Morgan fingerprint density at radius 2 is 2.44 bits per heavy atom. The number of carbonyl (C=O) groups is 1. The van der Waals surface area contributed by atoms with Crippen LogP contribution in [0.2, 0.25) is 0 Å². The van der Waals surface area contributed by atoms with Crippen LogP contribution < -0.4 is 10.6 Å². The van der Waals surface area contributed by atoms with E-state index >= 15 is 0 Å². The summed E-state index contributed by atoms with van der Waals surface area (Å²) in [5, 5.41) is 6.83. The number of nitrogens with zero attached hydrogens (tertiary/aromatic N) is 1. The zero-order chi connectivity index (χ0) is 11.0. The smallest absolute Gasteiger partial charge is 0.244 e. The van der Waals surface area contributed by atoms with Gasteiger partial charge in [0.25, 0.3) is 0 Å². The fraction of sp³-hybridized carbons (Fsp3) is 0.600. The lowest BCUT2D eigenvalue weighted by molar-refractivity contribution is -0.117. The van der Waals surface area contributed by atoms with Crippen molar-refractivity contribution in [3.63, 3.8) is 0 Å². The number of thioether (sulfide) groups is 1. The molecular weight excluding hydrogens is 242 g/mol. The zero-order valence-corrected chi connectivity index (χ0v) is 10.4. The van der Waals surface area contributed by atoms with Crippen molar-refractivity contribution in [3.05, 3.63) is 10.6 Å². The molecule has 1 aliphatic heterocycles. The molecule has 1 atom stereocenters. The Morgan fingerprint density at radius 1 is 1.50 bits per heavy atom. The van der Waals surface area contributed by atoms with Gasteiger partial charge >= 0.3 is 0 Å². The van der Waals surface area contributed by atoms with Gasteiger partial charge < -0.3 is 5.32 Å². The third-order valence-electron chi connectivity index (χ3n) is 2.86. The van der Waals surface area contributed by atoms with Crippen molar-refractivity contribution < 1.29 is 4.79 Å². The molecule has 2 aliphatic rings. The van der Waals surface area contributed by atoms with Gasteiger partial charge in [-0.3, -0.25) is 10.1 Å². The van der Waals surface area contributed by atoms with E-state index in [4.69, 9.17) is 0 Å². The van der Waals surface area contributed by atoms with Crippen molar-refractivity contribution in [1.29, 1.82) is 0 Å². The molecule has 0 aromatic carbocycles. The summed E-state index contributed by atoms with van der Waals surface area (Å²) in [6.07, 6.45) is 3.41. The molecule has 0 spiro atoms. The second-order valence-corrected chi connectivity index (χ2v) is 6.12. The first-order valence-electron chi connectivity index (χ1n) is 5.43. The van der Waals surface area contributed by atoms with Crippen LogP contribution in [-0.2, 0) is 17.6 Å². The molecular formula is C10H13N3OS2. The van der Waals surface area contributed by atoms with Gasteiger partial charge in [0.2, 0.25) is 5.91 Å². The van der Waals surface area contributed by atoms with Crippen LogP contribution in [0.4, 0.5) is 5.13 Å². The molecule has 1 saturated heterocycles. The molecule has 86 valence electrons. The van der Waals surface area contributed by atoms with Crippen LogP contribution in [0, 0.1) is 0 Å². The van der Waals surface area contributed by atoms with Gasteiger partial charge in [-0.25, -0.2) is 4.98 Å². The summed E-state index contributed by atoms with van der Waals surface area (Å²) in [4.78, 5) is 17.6. The van der Waals surface area contributed by atoms with Crippen LogP contribution in [-0.4, -0.2) is 28.6 Å². The van der Waals surface area contributed by atoms with Crippen LogP contribution in [0.5, 0.6) is 0 Å². The monoisotopic (exact) mass is 255 g/mol. The van der Waals surface area contributed by atoms with Gasteiger partial charge in [-0.15, -0.1) is 23.1 Å². The number of carbonyl (C=O) groups excluding carboxylic acids is 1. The number of amides is 1. The van der Waals surface area contributed by atoms with E-state index in [2.05, 4.69) is 15.6 Å². The molecule has 2 heterocycles. The molecule has 0 bridgehead atoms. The van der Waals surface area contributed by atoms with E-state index in [1.165, 1.54) is 17.0 Å². The van der Waals surface area contributed by atoms with E-state index < -0.39 is 0 Å². The minimum absolute atomic E-state index is 0.0521. The number of nitrogens with one attached hydrogen (secondary N) is 2. The third-order valence-corrected chi connectivity index (χ3v) is 4.87. The molecule has 16 heavy (non-hydrogen) atoms. The summed E-state index contributed by atoms with van der Waals surface area (Å²) < 4.78 is 0. The molecule has 4 nitrogen and oxygen atoms in total. The normalized spacial score (nSPS) is 23.4.